The maximum atomic E-state index is 10.2. The van der Waals surface area contributed by atoms with Crippen LogP contribution in [0, 0.1) is 0 Å². The van der Waals surface area contributed by atoms with E-state index in [9.17, 15) is 38.9 Å². The summed E-state index contributed by atoms with van der Waals surface area (Å²) >= 11 is 0. The molecular weight excluding hydrogens is 555 g/mol. The van der Waals surface area contributed by atoms with E-state index in [0.717, 1.165) is 57.8 Å². The van der Waals surface area contributed by atoms with Gasteiger partial charge >= 0.3 is 17.4 Å². The first-order valence-corrected chi connectivity index (χ1v) is 18.2. The minimum atomic E-state index is -3.97. The molecule has 0 spiro atoms. The largest absolute Gasteiger partial charge is 3.00 e. The van der Waals surface area contributed by atoms with Crippen molar-refractivity contribution in [1.29, 1.82) is 0 Å². The standard InChI is InChI=1S/3C8H18O3S.Al/c3*1-2-3-4-5-6-7-8-12(9,10)11;/h3*2-8H2,1H3,(H,9,10,11);/q;;;+3/p-3. The smallest absolute Gasteiger partial charge is 0.748 e. The first-order valence-electron chi connectivity index (χ1n) is 13.5. The third-order valence-corrected chi connectivity index (χ3v) is 7.61. The Morgan fingerprint density at radius 1 is 0.351 bits per heavy atom. The van der Waals surface area contributed by atoms with E-state index in [4.69, 9.17) is 0 Å². The van der Waals surface area contributed by atoms with E-state index in [1.54, 1.807) is 0 Å². The molecule has 0 amide bonds. The van der Waals surface area contributed by atoms with Crippen LogP contribution in [0.3, 0.4) is 0 Å². The molecule has 0 aliphatic rings. The molecule has 13 heteroatoms. The molecule has 0 radical (unpaired) electrons. The third kappa shape index (κ3) is 57.3. The van der Waals surface area contributed by atoms with E-state index in [0.29, 0.717) is 19.3 Å². The van der Waals surface area contributed by atoms with Crippen molar-refractivity contribution in [2.45, 2.75) is 136 Å². The van der Waals surface area contributed by atoms with E-state index < -0.39 is 30.4 Å². The molecule has 0 unspecified atom stereocenters. The summed E-state index contributed by atoms with van der Waals surface area (Å²) in [6, 6.07) is 0. The van der Waals surface area contributed by atoms with Crippen LogP contribution in [-0.4, -0.2) is 73.5 Å². The summed E-state index contributed by atoms with van der Waals surface area (Å²) in [6.07, 6.45) is 17.9. The summed E-state index contributed by atoms with van der Waals surface area (Å²) in [7, 11) is -11.9. The van der Waals surface area contributed by atoms with Gasteiger partial charge in [-0.3, -0.25) is 0 Å². The van der Waals surface area contributed by atoms with Gasteiger partial charge in [0.25, 0.3) is 0 Å². The van der Waals surface area contributed by atoms with Crippen LogP contribution in [0.2, 0.25) is 0 Å². The maximum Gasteiger partial charge on any atom is 3.00 e. The number of unbranched alkanes of at least 4 members (excludes halogenated alkanes) is 15. The van der Waals surface area contributed by atoms with Gasteiger partial charge in [0.15, 0.2) is 0 Å². The molecule has 0 bridgehead atoms. The SMILES string of the molecule is CCCCCCCCS(=O)(=O)[O-].CCCCCCCCS(=O)(=O)[O-].CCCCCCCCS(=O)(=O)[O-].[Al+3]. The minimum absolute atomic E-state index is 0. The van der Waals surface area contributed by atoms with Gasteiger partial charge in [-0.25, -0.2) is 25.3 Å². The van der Waals surface area contributed by atoms with Crippen molar-refractivity contribution in [2.75, 3.05) is 17.3 Å². The summed E-state index contributed by atoms with van der Waals surface area (Å²) in [5, 5.41) is 0. The van der Waals surface area contributed by atoms with E-state index in [1.165, 1.54) is 38.5 Å². The molecule has 0 aliphatic heterocycles. The zero-order valence-corrected chi connectivity index (χ0v) is 26.9. The zero-order valence-electron chi connectivity index (χ0n) is 23.3. The van der Waals surface area contributed by atoms with Gasteiger partial charge < -0.3 is 13.7 Å². The molecule has 0 N–H and O–H groups in total. The fourth-order valence-electron chi connectivity index (χ4n) is 3.18. The fourth-order valence-corrected chi connectivity index (χ4v) is 4.85. The van der Waals surface area contributed by atoms with Crippen LogP contribution in [0.25, 0.3) is 0 Å². The van der Waals surface area contributed by atoms with Crippen molar-refractivity contribution < 1.29 is 38.9 Å². The van der Waals surface area contributed by atoms with Crippen LogP contribution < -0.4 is 0 Å². The molecule has 0 aliphatic carbocycles. The van der Waals surface area contributed by atoms with Gasteiger partial charge in [-0.2, -0.15) is 0 Å². The zero-order chi connectivity index (χ0) is 28.3. The number of rotatable bonds is 21. The molecule has 222 valence electrons. The molecule has 0 heterocycles. The number of hydrogen-bond acceptors (Lipinski definition) is 9. The van der Waals surface area contributed by atoms with Gasteiger partial charge in [0, 0.05) is 17.3 Å². The molecule has 0 fully saturated rings. The van der Waals surface area contributed by atoms with Gasteiger partial charge in [-0.05, 0) is 19.3 Å². The summed E-state index contributed by atoms with van der Waals surface area (Å²) in [5.74, 6) is -0.586. The van der Waals surface area contributed by atoms with Gasteiger partial charge in [0.05, 0.1) is 30.4 Å². The predicted molar refractivity (Wildman–Crippen MR) is 150 cm³/mol. The molecule has 0 atom stereocenters. The summed E-state index contributed by atoms with van der Waals surface area (Å²) in [5.41, 5.74) is 0. The average Bonchev–Trinajstić information content (AvgIpc) is 2.74. The Balaban J connectivity index is -0.000000218. The molecule has 0 aromatic heterocycles. The summed E-state index contributed by atoms with van der Waals surface area (Å²) < 4.78 is 91.5. The molecule has 0 rings (SSSR count). The summed E-state index contributed by atoms with van der Waals surface area (Å²) in [6.45, 7) is 6.38. The Bertz CT molecular complexity index is 665. The van der Waals surface area contributed by atoms with Crippen molar-refractivity contribution in [3.05, 3.63) is 0 Å². The van der Waals surface area contributed by atoms with E-state index in [2.05, 4.69) is 20.8 Å². The normalized spacial score (nSPS) is 11.5. The Labute approximate surface area is 239 Å². The predicted octanol–water partition coefficient (Wildman–Crippen LogP) is 5.30. The van der Waals surface area contributed by atoms with Gasteiger partial charge in [0.2, 0.25) is 0 Å². The molecule has 0 aromatic rings. The van der Waals surface area contributed by atoms with Crippen molar-refractivity contribution in [3.63, 3.8) is 0 Å². The van der Waals surface area contributed by atoms with Crippen LogP contribution in [0.4, 0.5) is 0 Å². The van der Waals surface area contributed by atoms with Crippen molar-refractivity contribution in [1.82, 2.24) is 0 Å². The maximum absolute atomic E-state index is 10.2. The fraction of sp³-hybridized carbons (Fsp3) is 1.00. The first-order chi connectivity index (χ1) is 16.7. The Hall–Kier alpha value is 0.262. The molecule has 0 saturated carbocycles. The molecule has 0 saturated heterocycles. The Morgan fingerprint density at radius 3 is 0.676 bits per heavy atom. The van der Waals surface area contributed by atoms with Gasteiger partial charge in [0.1, 0.15) is 0 Å². The second kappa shape index (κ2) is 29.3. The van der Waals surface area contributed by atoms with Gasteiger partial charge in [-0.1, -0.05) is 117 Å². The van der Waals surface area contributed by atoms with Crippen molar-refractivity contribution >= 4 is 47.7 Å². The molecule has 9 nitrogen and oxygen atoms in total. The van der Waals surface area contributed by atoms with Crippen LogP contribution in [0.1, 0.15) is 136 Å². The minimum Gasteiger partial charge on any atom is -0.748 e. The van der Waals surface area contributed by atoms with E-state index >= 15 is 0 Å². The van der Waals surface area contributed by atoms with Crippen molar-refractivity contribution in [2.24, 2.45) is 0 Å². The van der Waals surface area contributed by atoms with E-state index in [1.807, 2.05) is 0 Å². The number of hydrogen-bond donors (Lipinski definition) is 0. The van der Waals surface area contributed by atoms with E-state index in [-0.39, 0.29) is 34.6 Å². The topological polar surface area (TPSA) is 172 Å². The quantitative estimate of drug-likeness (QED) is 0.0955. The Morgan fingerprint density at radius 2 is 0.514 bits per heavy atom. The second-order valence-electron chi connectivity index (χ2n) is 9.09. The van der Waals surface area contributed by atoms with Crippen LogP contribution in [-0.2, 0) is 30.4 Å². The molecular formula is C24H51AlO9S3. The molecule has 37 heavy (non-hydrogen) atoms. The van der Waals surface area contributed by atoms with Crippen LogP contribution in [0.5, 0.6) is 0 Å². The Kier molecular flexibility index (Phi) is 35.0. The van der Waals surface area contributed by atoms with Crippen molar-refractivity contribution in [3.8, 4) is 0 Å². The van der Waals surface area contributed by atoms with Crippen LogP contribution in [0.15, 0.2) is 0 Å². The first kappa shape index (κ1) is 44.3. The average molecular weight is 607 g/mol. The van der Waals surface area contributed by atoms with Crippen LogP contribution >= 0.6 is 0 Å². The monoisotopic (exact) mass is 606 g/mol. The molecule has 0 aromatic carbocycles. The summed E-state index contributed by atoms with van der Waals surface area (Å²) in [4.78, 5) is 0. The second-order valence-corrected chi connectivity index (χ2v) is 13.7. The third-order valence-electron chi connectivity index (χ3n) is 5.24. The van der Waals surface area contributed by atoms with Gasteiger partial charge in [-0.15, -0.1) is 0 Å².